The Morgan fingerprint density at radius 3 is 2.04 bits per heavy atom. The minimum absolute atomic E-state index is 0. The van der Waals surface area contributed by atoms with Crippen molar-refractivity contribution in [1.82, 2.24) is 9.55 Å². The Morgan fingerprint density at radius 2 is 1.32 bits per heavy atom. The summed E-state index contributed by atoms with van der Waals surface area (Å²) in [6.07, 6.45) is 1.86. The average molecular weight is 865 g/mol. The van der Waals surface area contributed by atoms with Gasteiger partial charge in [-0.1, -0.05) is 111 Å². The van der Waals surface area contributed by atoms with Crippen LogP contribution in [-0.2, 0) is 31.9 Å². The van der Waals surface area contributed by atoms with Gasteiger partial charge in [0, 0.05) is 49.6 Å². The smallest absolute Gasteiger partial charge is 0.126 e. The van der Waals surface area contributed by atoms with Crippen LogP contribution in [0.2, 0.25) is 0 Å². The van der Waals surface area contributed by atoms with Crippen molar-refractivity contribution in [3.63, 3.8) is 0 Å². The molecule has 0 amide bonds. The third-order valence-corrected chi connectivity index (χ3v) is 11.0. The van der Waals surface area contributed by atoms with Crippen molar-refractivity contribution in [3.05, 3.63) is 192 Å². The maximum absolute atomic E-state index is 4.78. The molecule has 5 heteroatoms. The van der Waals surface area contributed by atoms with Crippen molar-refractivity contribution in [2.45, 2.75) is 31.6 Å². The van der Waals surface area contributed by atoms with Crippen LogP contribution in [0.1, 0.15) is 48.6 Å². The van der Waals surface area contributed by atoms with Gasteiger partial charge in [0.15, 0.2) is 0 Å². The molecule has 0 fully saturated rings. The summed E-state index contributed by atoms with van der Waals surface area (Å²) in [6.45, 7) is 9.09. The van der Waals surface area contributed by atoms with Crippen LogP contribution >= 0.6 is 0 Å². The van der Waals surface area contributed by atoms with Crippen LogP contribution < -0.4 is 9.80 Å². The number of fused-ring (bicyclic) bond motifs is 7. The van der Waals surface area contributed by atoms with Crippen molar-refractivity contribution in [2.75, 3.05) is 16.8 Å². The largest absolute Gasteiger partial charge is 0.504 e. The predicted octanol–water partition coefficient (Wildman–Crippen LogP) is 11.1. The quantitative estimate of drug-likeness (QED) is 0.165. The van der Waals surface area contributed by atoms with E-state index in [1.807, 2.05) is 18.3 Å². The molecule has 0 saturated heterocycles. The first kappa shape index (κ1) is 33.4. The van der Waals surface area contributed by atoms with E-state index in [1.165, 1.54) is 44.3 Å². The Morgan fingerprint density at radius 1 is 0.660 bits per heavy atom. The third kappa shape index (κ3) is 4.89. The van der Waals surface area contributed by atoms with E-state index >= 15 is 0 Å². The van der Waals surface area contributed by atoms with E-state index in [0.29, 0.717) is 0 Å². The Kier molecular flexibility index (Phi) is 7.76. The Bertz CT molecular complexity index is 2640. The normalized spacial score (nSPS) is 14.3. The van der Waals surface area contributed by atoms with Crippen molar-refractivity contribution in [3.8, 4) is 16.9 Å². The van der Waals surface area contributed by atoms with Gasteiger partial charge in [0.2, 0.25) is 0 Å². The van der Waals surface area contributed by atoms with E-state index in [-0.39, 0.29) is 26.5 Å². The van der Waals surface area contributed by atoms with Gasteiger partial charge in [0.1, 0.15) is 5.82 Å². The topological polar surface area (TPSA) is 24.3 Å². The van der Waals surface area contributed by atoms with Crippen molar-refractivity contribution in [2.24, 2.45) is 0 Å². The Labute approximate surface area is 325 Å². The zero-order chi connectivity index (χ0) is 35.2. The zero-order valence-electron chi connectivity index (χ0n) is 30.0. The van der Waals surface area contributed by atoms with Crippen LogP contribution in [0.3, 0.4) is 0 Å². The van der Waals surface area contributed by atoms with E-state index in [0.717, 1.165) is 39.4 Å². The first-order valence-corrected chi connectivity index (χ1v) is 17.9. The van der Waals surface area contributed by atoms with Crippen LogP contribution in [0.15, 0.2) is 146 Å². The molecule has 4 nitrogen and oxygen atoms in total. The zero-order valence-corrected chi connectivity index (χ0v) is 32.3. The van der Waals surface area contributed by atoms with Crippen molar-refractivity contribution >= 4 is 38.9 Å². The number of hydrogen-bond donors (Lipinski definition) is 0. The van der Waals surface area contributed by atoms with E-state index in [9.17, 15) is 0 Å². The maximum atomic E-state index is 4.78. The summed E-state index contributed by atoms with van der Waals surface area (Å²) in [6, 6.07) is 58.5. The van der Waals surface area contributed by atoms with Gasteiger partial charge in [-0.3, -0.25) is 0 Å². The molecule has 0 atom stereocenters. The predicted molar refractivity (Wildman–Crippen MR) is 214 cm³/mol. The molecule has 6 aromatic carbocycles. The van der Waals surface area contributed by atoms with Crippen LogP contribution in [0, 0.1) is 18.8 Å². The van der Waals surface area contributed by atoms with Gasteiger partial charge in [0.05, 0.1) is 0 Å². The molecule has 2 aromatic heterocycles. The van der Waals surface area contributed by atoms with Crippen molar-refractivity contribution < 1.29 is 21.1 Å². The van der Waals surface area contributed by atoms with E-state index in [1.54, 1.807) is 0 Å². The van der Waals surface area contributed by atoms with E-state index in [4.69, 9.17) is 4.98 Å². The summed E-state index contributed by atoms with van der Waals surface area (Å²) in [5.41, 5.74) is 13.2. The van der Waals surface area contributed by atoms with Crippen LogP contribution in [0.5, 0.6) is 0 Å². The minimum Gasteiger partial charge on any atom is -0.504 e. The number of para-hydroxylation sites is 3. The standard InChI is InChI=1S/C48H37N4.Pt/c1-47(2,3)33-27-34(29-35(28-33)51-31-50(4)44-21-11-12-22-45(44)51)48(40-18-8-5-15-36(40)37-16-6-9-19-41(37)48)32-24-25-43-39(30-32)38-17-7-10-20-42(38)52(43)46-23-13-14-26-49-46;/h5-23,25-28,30-31H,1-4H3;/q-3;. The van der Waals surface area contributed by atoms with Gasteiger partial charge in [-0.2, -0.15) is 42.6 Å². The molecule has 0 radical (unpaired) electrons. The minimum atomic E-state index is -0.684. The van der Waals surface area contributed by atoms with Gasteiger partial charge in [-0.15, -0.1) is 28.3 Å². The molecule has 53 heavy (non-hydrogen) atoms. The molecule has 1 aliphatic heterocycles. The molecule has 3 heterocycles. The van der Waals surface area contributed by atoms with Crippen LogP contribution in [-0.4, -0.2) is 16.6 Å². The fourth-order valence-electron chi connectivity index (χ4n) is 8.60. The number of benzene rings is 6. The van der Waals surface area contributed by atoms with Crippen molar-refractivity contribution in [1.29, 1.82) is 0 Å². The Hall–Kier alpha value is -5.44. The average Bonchev–Trinajstić information content (AvgIpc) is 3.80. The van der Waals surface area contributed by atoms with Gasteiger partial charge in [-0.25, -0.2) is 4.98 Å². The SMILES string of the molecule is CN1[CH-]N(c2[c-]c(C3(c4[c-]cc5c(c4)c4ccccc4n5-c4ccccn4)c4ccccc4-c4ccccc43)cc(C(C)(C)C)c2)c2ccccc21.[Pt]. The molecule has 8 aromatic rings. The first-order chi connectivity index (χ1) is 25.3. The third-order valence-electron chi connectivity index (χ3n) is 11.0. The van der Waals surface area contributed by atoms with Gasteiger partial charge >= 0.3 is 0 Å². The molecule has 2 aliphatic rings. The molecule has 0 unspecified atom stereocenters. The fraction of sp³-hybridized carbons (Fsp3) is 0.125. The first-order valence-electron chi connectivity index (χ1n) is 17.9. The number of nitrogens with zero attached hydrogens (tertiary/aromatic N) is 4. The molecule has 262 valence electrons. The number of hydrogen-bond acceptors (Lipinski definition) is 3. The molecule has 1 aliphatic carbocycles. The maximum Gasteiger partial charge on any atom is 0.126 e. The summed E-state index contributed by atoms with van der Waals surface area (Å²) in [7, 11) is 2.11. The van der Waals surface area contributed by atoms with Gasteiger partial charge < -0.3 is 14.4 Å². The van der Waals surface area contributed by atoms with E-state index < -0.39 is 5.41 Å². The summed E-state index contributed by atoms with van der Waals surface area (Å²) in [5.74, 6) is 0.893. The second-order valence-electron chi connectivity index (χ2n) is 15.0. The summed E-state index contributed by atoms with van der Waals surface area (Å²) < 4.78 is 2.26. The molecule has 0 saturated carbocycles. The second kappa shape index (κ2) is 12.3. The Balaban J connectivity index is 0.00000372. The van der Waals surface area contributed by atoms with Gasteiger partial charge in [0.25, 0.3) is 0 Å². The molecule has 0 bridgehead atoms. The molecular formula is C48H37N4Pt-3. The summed E-state index contributed by atoms with van der Waals surface area (Å²) in [5, 5.41) is 2.36. The molecule has 0 spiro atoms. The van der Waals surface area contributed by atoms with Crippen LogP contribution in [0.25, 0.3) is 38.8 Å². The molecule has 0 N–H and O–H groups in total. The van der Waals surface area contributed by atoms with E-state index in [2.05, 4.69) is 188 Å². The number of rotatable bonds is 4. The van der Waals surface area contributed by atoms with Crippen LogP contribution in [0.4, 0.5) is 17.1 Å². The number of aromatic nitrogens is 2. The molecule has 10 rings (SSSR count). The van der Waals surface area contributed by atoms with Gasteiger partial charge in [-0.05, 0) is 70.4 Å². The second-order valence-corrected chi connectivity index (χ2v) is 15.0. The summed E-state index contributed by atoms with van der Waals surface area (Å²) in [4.78, 5) is 9.27. The molecular weight excluding hydrogens is 828 g/mol. The fourth-order valence-corrected chi connectivity index (χ4v) is 8.60. The monoisotopic (exact) mass is 864 g/mol. The number of anilines is 3. The number of pyridine rings is 1. The summed E-state index contributed by atoms with van der Waals surface area (Å²) >= 11 is 0.